The number of likely N-dealkylation sites (tertiary alicyclic amines) is 1. The first kappa shape index (κ1) is 17.2. The SMILES string of the molecule is O=C(NC1CCN(C[C@@H]2CCCO2)CC1)c1ccccc1-n1cnnc1. The average Bonchev–Trinajstić information content (AvgIpc) is 3.37. The van der Waals surface area contributed by atoms with Crippen LogP contribution in [0.4, 0.5) is 0 Å². The molecule has 1 N–H and O–H groups in total. The summed E-state index contributed by atoms with van der Waals surface area (Å²) in [5.41, 5.74) is 1.44. The van der Waals surface area contributed by atoms with Crippen LogP contribution in [0.2, 0.25) is 0 Å². The number of nitrogens with one attached hydrogen (secondary N) is 1. The molecular weight excluding hydrogens is 330 g/mol. The van der Waals surface area contributed by atoms with Crippen LogP contribution in [0.3, 0.4) is 0 Å². The summed E-state index contributed by atoms with van der Waals surface area (Å²) in [7, 11) is 0. The molecule has 0 spiro atoms. The summed E-state index contributed by atoms with van der Waals surface area (Å²) in [6.45, 7) is 3.95. The number of ether oxygens (including phenoxy) is 1. The number of hydrogen-bond donors (Lipinski definition) is 1. The zero-order valence-electron chi connectivity index (χ0n) is 14.9. The third-order valence-corrected chi connectivity index (χ3v) is 5.25. The largest absolute Gasteiger partial charge is 0.377 e. The molecule has 2 aliphatic rings. The predicted molar refractivity (Wildman–Crippen MR) is 97.3 cm³/mol. The molecule has 7 nitrogen and oxygen atoms in total. The highest BCUT2D eigenvalue weighted by atomic mass is 16.5. The van der Waals surface area contributed by atoms with Gasteiger partial charge in [-0.2, -0.15) is 0 Å². The van der Waals surface area contributed by atoms with E-state index in [1.807, 2.05) is 24.3 Å². The fraction of sp³-hybridized carbons (Fsp3) is 0.526. The first-order valence-electron chi connectivity index (χ1n) is 9.38. The fourth-order valence-corrected chi connectivity index (χ4v) is 3.82. The lowest BCUT2D eigenvalue weighted by molar-refractivity contribution is 0.0613. The molecule has 2 aromatic rings. The van der Waals surface area contributed by atoms with Gasteiger partial charge in [0.15, 0.2) is 0 Å². The van der Waals surface area contributed by atoms with Crippen molar-refractivity contribution in [1.29, 1.82) is 0 Å². The van der Waals surface area contributed by atoms with Gasteiger partial charge in [0, 0.05) is 32.3 Å². The van der Waals surface area contributed by atoms with E-state index in [9.17, 15) is 4.79 Å². The summed E-state index contributed by atoms with van der Waals surface area (Å²) in [6.07, 6.45) is 7.93. The summed E-state index contributed by atoms with van der Waals surface area (Å²) < 4.78 is 7.49. The third-order valence-electron chi connectivity index (χ3n) is 5.25. The number of para-hydroxylation sites is 1. The number of aromatic nitrogens is 3. The highest BCUT2D eigenvalue weighted by molar-refractivity contribution is 5.97. The second-order valence-electron chi connectivity index (χ2n) is 7.07. The predicted octanol–water partition coefficient (Wildman–Crippen LogP) is 1.64. The van der Waals surface area contributed by atoms with Crippen LogP contribution in [0.1, 0.15) is 36.0 Å². The van der Waals surface area contributed by atoms with Gasteiger partial charge in [-0.3, -0.25) is 9.36 Å². The molecule has 1 aromatic carbocycles. The van der Waals surface area contributed by atoms with E-state index in [0.717, 1.165) is 44.8 Å². The number of piperidine rings is 1. The van der Waals surface area contributed by atoms with Gasteiger partial charge < -0.3 is 15.0 Å². The highest BCUT2D eigenvalue weighted by Gasteiger charge is 2.25. The topological polar surface area (TPSA) is 72.3 Å². The number of benzene rings is 1. The first-order valence-corrected chi connectivity index (χ1v) is 9.38. The van der Waals surface area contributed by atoms with Crippen molar-refractivity contribution in [3.63, 3.8) is 0 Å². The molecule has 0 aliphatic carbocycles. The minimum atomic E-state index is -0.0353. The second-order valence-corrected chi connectivity index (χ2v) is 7.07. The first-order chi connectivity index (χ1) is 12.8. The van der Waals surface area contributed by atoms with E-state index < -0.39 is 0 Å². The van der Waals surface area contributed by atoms with Gasteiger partial charge in [0.2, 0.25) is 0 Å². The van der Waals surface area contributed by atoms with Crippen molar-refractivity contribution >= 4 is 5.91 Å². The van der Waals surface area contributed by atoms with Crippen LogP contribution >= 0.6 is 0 Å². The Balaban J connectivity index is 1.33. The second kappa shape index (κ2) is 7.97. The van der Waals surface area contributed by atoms with E-state index in [2.05, 4.69) is 20.4 Å². The van der Waals surface area contributed by atoms with Gasteiger partial charge in [-0.25, -0.2) is 0 Å². The number of nitrogens with zero attached hydrogens (tertiary/aromatic N) is 4. The van der Waals surface area contributed by atoms with Crippen LogP contribution in [-0.4, -0.2) is 64.0 Å². The van der Waals surface area contributed by atoms with Crippen molar-refractivity contribution in [3.8, 4) is 5.69 Å². The van der Waals surface area contributed by atoms with Crippen molar-refractivity contribution in [2.45, 2.75) is 37.8 Å². The molecule has 26 heavy (non-hydrogen) atoms. The molecule has 2 saturated heterocycles. The maximum Gasteiger partial charge on any atom is 0.253 e. The Morgan fingerprint density at radius 1 is 1.15 bits per heavy atom. The lowest BCUT2D eigenvalue weighted by atomic mass is 10.0. The number of carbonyl (C=O) groups is 1. The lowest BCUT2D eigenvalue weighted by Gasteiger charge is -2.33. The van der Waals surface area contributed by atoms with Crippen LogP contribution in [-0.2, 0) is 4.74 Å². The third kappa shape index (κ3) is 3.94. The fourth-order valence-electron chi connectivity index (χ4n) is 3.82. The normalized spacial score (nSPS) is 21.8. The van der Waals surface area contributed by atoms with Gasteiger partial charge in [-0.1, -0.05) is 12.1 Å². The van der Waals surface area contributed by atoms with Gasteiger partial charge in [0.1, 0.15) is 12.7 Å². The monoisotopic (exact) mass is 355 g/mol. The molecular formula is C19H25N5O2. The van der Waals surface area contributed by atoms with E-state index >= 15 is 0 Å². The number of rotatable bonds is 5. The molecule has 0 unspecified atom stereocenters. The standard InChI is InChI=1S/C19H25N5O2/c25-19(17-5-1-2-6-18(17)24-13-20-21-14-24)22-15-7-9-23(10-8-15)12-16-4-3-11-26-16/h1-2,5-6,13-16H,3-4,7-12H2,(H,22,25)/t16-/m0/s1. The molecule has 1 aromatic heterocycles. The number of hydrogen-bond acceptors (Lipinski definition) is 5. The smallest absolute Gasteiger partial charge is 0.253 e. The molecule has 2 aliphatic heterocycles. The molecule has 138 valence electrons. The van der Waals surface area contributed by atoms with Crippen molar-refractivity contribution in [2.24, 2.45) is 0 Å². The highest BCUT2D eigenvalue weighted by Crippen LogP contribution is 2.18. The van der Waals surface area contributed by atoms with Gasteiger partial charge >= 0.3 is 0 Å². The summed E-state index contributed by atoms with van der Waals surface area (Å²) in [6, 6.07) is 7.76. The van der Waals surface area contributed by atoms with Crippen molar-refractivity contribution in [2.75, 3.05) is 26.2 Å². The van der Waals surface area contributed by atoms with Crippen LogP contribution < -0.4 is 5.32 Å². The molecule has 4 rings (SSSR count). The summed E-state index contributed by atoms with van der Waals surface area (Å²) >= 11 is 0. The zero-order chi connectivity index (χ0) is 17.8. The van der Waals surface area contributed by atoms with Crippen LogP contribution in [0, 0.1) is 0 Å². The zero-order valence-corrected chi connectivity index (χ0v) is 14.9. The van der Waals surface area contributed by atoms with Crippen molar-refractivity contribution in [3.05, 3.63) is 42.5 Å². The minimum absolute atomic E-state index is 0.0353. The van der Waals surface area contributed by atoms with E-state index in [1.165, 1.54) is 12.8 Å². The Bertz CT molecular complexity index is 719. The summed E-state index contributed by atoms with van der Waals surface area (Å²) in [4.78, 5) is 15.3. The molecule has 3 heterocycles. The van der Waals surface area contributed by atoms with E-state index in [0.29, 0.717) is 11.7 Å². The Kier molecular flexibility index (Phi) is 5.26. The van der Waals surface area contributed by atoms with Crippen molar-refractivity contribution in [1.82, 2.24) is 25.0 Å². The Labute approximate surface area is 153 Å². The van der Waals surface area contributed by atoms with E-state index in [1.54, 1.807) is 17.2 Å². The van der Waals surface area contributed by atoms with E-state index in [-0.39, 0.29) is 11.9 Å². The Morgan fingerprint density at radius 3 is 2.65 bits per heavy atom. The molecule has 7 heteroatoms. The van der Waals surface area contributed by atoms with Crippen LogP contribution in [0.25, 0.3) is 5.69 Å². The minimum Gasteiger partial charge on any atom is -0.377 e. The lowest BCUT2D eigenvalue weighted by Crippen LogP contribution is -2.46. The van der Waals surface area contributed by atoms with Gasteiger partial charge in [0.05, 0.1) is 17.4 Å². The van der Waals surface area contributed by atoms with Gasteiger partial charge in [0.25, 0.3) is 5.91 Å². The summed E-state index contributed by atoms with van der Waals surface area (Å²) in [5.74, 6) is -0.0353. The maximum absolute atomic E-state index is 12.8. The van der Waals surface area contributed by atoms with Crippen molar-refractivity contribution < 1.29 is 9.53 Å². The Hall–Kier alpha value is -2.25. The van der Waals surface area contributed by atoms with Crippen LogP contribution in [0.15, 0.2) is 36.9 Å². The van der Waals surface area contributed by atoms with Gasteiger partial charge in [-0.15, -0.1) is 10.2 Å². The molecule has 2 fully saturated rings. The number of amides is 1. The molecule has 1 atom stereocenters. The molecule has 1 amide bonds. The van der Waals surface area contributed by atoms with Gasteiger partial charge in [-0.05, 0) is 37.8 Å². The maximum atomic E-state index is 12.8. The number of carbonyl (C=O) groups excluding carboxylic acids is 1. The Morgan fingerprint density at radius 2 is 1.92 bits per heavy atom. The molecule has 0 radical (unpaired) electrons. The molecule has 0 saturated carbocycles. The van der Waals surface area contributed by atoms with Crippen LogP contribution in [0.5, 0.6) is 0 Å². The quantitative estimate of drug-likeness (QED) is 0.883. The molecule has 0 bridgehead atoms. The van der Waals surface area contributed by atoms with E-state index in [4.69, 9.17) is 4.74 Å². The summed E-state index contributed by atoms with van der Waals surface area (Å²) in [5, 5.41) is 10.9. The average molecular weight is 355 g/mol.